The van der Waals surface area contributed by atoms with Gasteiger partial charge in [0.2, 0.25) is 5.56 Å². The number of rotatable bonds is 11. The topological polar surface area (TPSA) is 74.3 Å². The third-order valence-corrected chi connectivity index (χ3v) is 6.37. The molecule has 35 heavy (non-hydrogen) atoms. The van der Waals surface area contributed by atoms with Gasteiger partial charge in [-0.1, -0.05) is 66.7 Å². The van der Waals surface area contributed by atoms with E-state index in [1.165, 1.54) is 11.6 Å². The van der Waals surface area contributed by atoms with E-state index in [9.17, 15) is 9.90 Å². The normalized spacial score (nSPS) is 12.5. The highest BCUT2D eigenvalue weighted by atomic mass is 16.5. The fourth-order valence-corrected chi connectivity index (χ4v) is 4.34. The van der Waals surface area contributed by atoms with Crippen molar-refractivity contribution < 1.29 is 9.84 Å². The van der Waals surface area contributed by atoms with Gasteiger partial charge < -0.3 is 20.1 Å². The number of hydrogen-bond donors (Lipinski definition) is 3. The first-order valence-electron chi connectivity index (χ1n) is 12.2. The molecule has 0 saturated carbocycles. The van der Waals surface area contributed by atoms with Crippen molar-refractivity contribution in [1.29, 1.82) is 0 Å². The molecule has 5 nitrogen and oxygen atoms in total. The molecule has 0 bridgehead atoms. The van der Waals surface area contributed by atoms with Gasteiger partial charge >= 0.3 is 0 Å². The molecule has 0 fully saturated rings. The minimum atomic E-state index is -0.722. The lowest BCUT2D eigenvalue weighted by atomic mass is 9.94. The van der Waals surface area contributed by atoms with Gasteiger partial charge in [-0.05, 0) is 61.9 Å². The molecule has 182 valence electrons. The first kappa shape index (κ1) is 24.7. The van der Waals surface area contributed by atoms with E-state index in [4.69, 9.17) is 4.74 Å². The second kappa shape index (κ2) is 11.3. The van der Waals surface area contributed by atoms with Crippen molar-refractivity contribution in [3.8, 4) is 5.75 Å². The van der Waals surface area contributed by atoms with Crippen molar-refractivity contribution in [3.05, 3.63) is 112 Å². The summed E-state index contributed by atoms with van der Waals surface area (Å²) in [5.41, 5.74) is 3.44. The number of aliphatic hydroxyl groups excluding tert-OH is 1. The number of nitrogens with one attached hydrogen (secondary N) is 2. The summed E-state index contributed by atoms with van der Waals surface area (Å²) in [4.78, 5) is 15.0. The minimum Gasteiger partial charge on any atom is -0.487 e. The Morgan fingerprint density at radius 1 is 0.914 bits per heavy atom. The number of pyridine rings is 1. The Hall–Kier alpha value is -3.41. The lowest BCUT2D eigenvalue weighted by Crippen LogP contribution is -2.41. The van der Waals surface area contributed by atoms with Gasteiger partial charge in [0.05, 0.1) is 11.6 Å². The molecule has 3 aromatic carbocycles. The van der Waals surface area contributed by atoms with E-state index in [-0.39, 0.29) is 11.1 Å². The first-order valence-corrected chi connectivity index (χ1v) is 12.2. The van der Waals surface area contributed by atoms with Crippen LogP contribution in [-0.2, 0) is 13.0 Å². The molecular formula is C30H34N2O3. The lowest BCUT2D eigenvalue weighted by molar-refractivity contribution is 0.160. The molecule has 1 aromatic heterocycles. The van der Waals surface area contributed by atoms with Crippen LogP contribution >= 0.6 is 0 Å². The molecule has 5 heteroatoms. The Morgan fingerprint density at radius 3 is 2.31 bits per heavy atom. The van der Waals surface area contributed by atoms with E-state index in [1.807, 2.05) is 48.5 Å². The molecule has 0 radical (unpaired) electrons. The number of aryl methyl sites for hydroxylation is 1. The smallest absolute Gasteiger partial charge is 0.248 e. The van der Waals surface area contributed by atoms with Crippen LogP contribution < -0.4 is 15.6 Å². The molecule has 0 aliphatic heterocycles. The van der Waals surface area contributed by atoms with E-state index >= 15 is 0 Å². The maximum atomic E-state index is 12.1. The van der Waals surface area contributed by atoms with Gasteiger partial charge in [0.15, 0.2) is 0 Å². The van der Waals surface area contributed by atoms with Crippen molar-refractivity contribution in [2.75, 3.05) is 6.54 Å². The number of H-pyrrole nitrogens is 1. The van der Waals surface area contributed by atoms with Crippen LogP contribution in [-0.4, -0.2) is 22.2 Å². The van der Waals surface area contributed by atoms with Crippen molar-refractivity contribution in [2.45, 2.75) is 51.4 Å². The molecule has 1 unspecified atom stereocenters. The predicted octanol–water partition coefficient (Wildman–Crippen LogP) is 5.53. The minimum absolute atomic E-state index is 0.112. The van der Waals surface area contributed by atoms with Gasteiger partial charge in [-0.15, -0.1) is 0 Å². The summed E-state index contributed by atoms with van der Waals surface area (Å²) in [6, 6.07) is 27.3. The highest BCUT2D eigenvalue weighted by Gasteiger charge is 2.21. The van der Waals surface area contributed by atoms with Gasteiger partial charge in [-0.3, -0.25) is 4.79 Å². The van der Waals surface area contributed by atoms with E-state index in [1.54, 1.807) is 6.07 Å². The molecule has 0 saturated heterocycles. The monoisotopic (exact) mass is 470 g/mol. The fourth-order valence-electron chi connectivity index (χ4n) is 4.34. The van der Waals surface area contributed by atoms with E-state index < -0.39 is 6.10 Å². The number of β-amino-alcohol motifs (C(OH)–C–C–N with tert-alkyl or cyclic N) is 1. The highest BCUT2D eigenvalue weighted by molar-refractivity contribution is 5.87. The lowest BCUT2D eigenvalue weighted by Gasteiger charge is -2.28. The van der Waals surface area contributed by atoms with E-state index in [2.05, 4.69) is 48.4 Å². The zero-order valence-electron chi connectivity index (χ0n) is 20.5. The van der Waals surface area contributed by atoms with Crippen molar-refractivity contribution in [1.82, 2.24) is 10.3 Å². The van der Waals surface area contributed by atoms with Gasteiger partial charge in [0.1, 0.15) is 12.4 Å². The molecule has 0 aliphatic carbocycles. The van der Waals surface area contributed by atoms with Crippen LogP contribution in [0, 0.1) is 0 Å². The summed E-state index contributed by atoms with van der Waals surface area (Å²) < 4.78 is 6.02. The summed E-state index contributed by atoms with van der Waals surface area (Å²) in [5.74, 6) is 0.590. The quantitative estimate of drug-likeness (QED) is 0.269. The second-order valence-electron chi connectivity index (χ2n) is 9.66. The molecule has 0 aliphatic rings. The van der Waals surface area contributed by atoms with Gasteiger partial charge in [-0.2, -0.15) is 0 Å². The van der Waals surface area contributed by atoms with E-state index in [0.717, 1.165) is 35.8 Å². The first-order chi connectivity index (χ1) is 16.9. The van der Waals surface area contributed by atoms with Crippen LogP contribution in [0.5, 0.6) is 5.75 Å². The average molecular weight is 471 g/mol. The number of hydrogen-bond acceptors (Lipinski definition) is 4. The summed E-state index contributed by atoms with van der Waals surface area (Å²) in [7, 11) is 0. The molecule has 1 atom stereocenters. The summed E-state index contributed by atoms with van der Waals surface area (Å²) in [6.07, 6.45) is 2.38. The Kier molecular flexibility index (Phi) is 8.01. The molecule has 0 amide bonds. The SMILES string of the molecule is CC(C)(CCCc1ccccc1)NCC(O)c1ccc(OCc2ccccc2)c2[nH]c(=O)ccc12. The zero-order chi connectivity index (χ0) is 24.7. The summed E-state index contributed by atoms with van der Waals surface area (Å²) >= 11 is 0. The van der Waals surface area contributed by atoms with Crippen LogP contribution in [0.2, 0.25) is 0 Å². The number of aromatic amines is 1. The standard InChI is InChI=1S/C30H34N2O3/c1-30(2,19-9-14-22-10-5-3-6-11-22)31-20-26(33)24-15-17-27(29-25(24)16-18-28(34)32-29)35-21-23-12-7-4-8-13-23/h3-8,10-13,15-18,26,31,33H,9,14,19-21H2,1-2H3,(H,32,34). The Morgan fingerprint density at radius 2 is 1.60 bits per heavy atom. The van der Waals surface area contributed by atoms with Crippen molar-refractivity contribution in [3.63, 3.8) is 0 Å². The van der Waals surface area contributed by atoms with Gasteiger partial charge in [0, 0.05) is 23.5 Å². The number of aromatic nitrogens is 1. The average Bonchev–Trinajstić information content (AvgIpc) is 2.87. The molecule has 4 aromatic rings. The van der Waals surface area contributed by atoms with Crippen LogP contribution in [0.15, 0.2) is 89.7 Å². The van der Waals surface area contributed by atoms with Crippen LogP contribution in [0.3, 0.4) is 0 Å². The Labute approximate surface area is 206 Å². The van der Waals surface area contributed by atoms with Gasteiger partial charge in [0.25, 0.3) is 0 Å². The van der Waals surface area contributed by atoms with E-state index in [0.29, 0.717) is 24.4 Å². The maximum Gasteiger partial charge on any atom is 0.248 e. The summed E-state index contributed by atoms with van der Waals surface area (Å²) in [6.45, 7) is 5.14. The third-order valence-electron chi connectivity index (χ3n) is 6.37. The van der Waals surface area contributed by atoms with Crippen LogP contribution in [0.4, 0.5) is 0 Å². The Balaban J connectivity index is 1.42. The maximum absolute atomic E-state index is 12.1. The fraction of sp³-hybridized carbons (Fsp3) is 0.300. The number of ether oxygens (including phenoxy) is 1. The van der Waals surface area contributed by atoms with Crippen molar-refractivity contribution in [2.24, 2.45) is 0 Å². The van der Waals surface area contributed by atoms with Crippen molar-refractivity contribution >= 4 is 10.9 Å². The number of aliphatic hydroxyl groups is 1. The predicted molar refractivity (Wildman–Crippen MR) is 142 cm³/mol. The third kappa shape index (κ3) is 6.81. The molecular weight excluding hydrogens is 436 g/mol. The molecule has 4 rings (SSSR count). The van der Waals surface area contributed by atoms with Crippen LogP contribution in [0.1, 0.15) is 49.5 Å². The number of benzene rings is 3. The number of fused-ring (bicyclic) bond motifs is 1. The van der Waals surface area contributed by atoms with Crippen LogP contribution in [0.25, 0.3) is 10.9 Å². The molecule has 3 N–H and O–H groups in total. The second-order valence-corrected chi connectivity index (χ2v) is 9.66. The Bertz CT molecular complexity index is 1280. The molecule has 1 heterocycles. The zero-order valence-corrected chi connectivity index (χ0v) is 20.5. The highest BCUT2D eigenvalue weighted by Crippen LogP contribution is 2.30. The largest absolute Gasteiger partial charge is 0.487 e. The van der Waals surface area contributed by atoms with Gasteiger partial charge in [-0.25, -0.2) is 0 Å². The molecule has 0 spiro atoms. The summed E-state index contributed by atoms with van der Waals surface area (Å²) in [5, 5.41) is 15.4.